The van der Waals surface area contributed by atoms with Crippen LogP contribution in [0, 0.1) is 0 Å². The molecule has 5 heteroatoms. The van der Waals surface area contributed by atoms with Crippen molar-refractivity contribution in [1.29, 1.82) is 0 Å². The molecule has 126 valence electrons. The third-order valence-electron chi connectivity index (χ3n) is 3.47. The molecule has 24 heavy (non-hydrogen) atoms. The summed E-state index contributed by atoms with van der Waals surface area (Å²) >= 11 is 12.3. The van der Waals surface area contributed by atoms with Gasteiger partial charge in [0.05, 0.1) is 6.61 Å². The van der Waals surface area contributed by atoms with Crippen LogP contribution in [0.25, 0.3) is 12.2 Å². The summed E-state index contributed by atoms with van der Waals surface area (Å²) in [4.78, 5) is 11.6. The lowest BCUT2D eigenvalue weighted by atomic mass is 10.0. The molecule has 2 aromatic rings. The molecule has 0 aliphatic carbocycles. The van der Waals surface area contributed by atoms with E-state index >= 15 is 0 Å². The minimum absolute atomic E-state index is 0.334. The molecular formula is C19H19Cl2NO2. The van der Waals surface area contributed by atoms with Crippen LogP contribution in [0.5, 0.6) is 0 Å². The third-order valence-corrected chi connectivity index (χ3v) is 4.13. The zero-order valence-corrected chi connectivity index (χ0v) is 14.8. The molecule has 3 nitrogen and oxygen atoms in total. The molecule has 0 radical (unpaired) electrons. The van der Waals surface area contributed by atoms with Gasteiger partial charge in [-0.3, -0.25) is 4.79 Å². The van der Waals surface area contributed by atoms with Gasteiger partial charge in [0.1, 0.15) is 6.04 Å². The second-order valence-electron chi connectivity index (χ2n) is 5.27. The Hall–Kier alpha value is -1.81. The summed E-state index contributed by atoms with van der Waals surface area (Å²) in [6.07, 6.45) is 4.26. The van der Waals surface area contributed by atoms with Gasteiger partial charge in [-0.05, 0) is 36.6 Å². The Morgan fingerprint density at radius 3 is 2.33 bits per heavy atom. The van der Waals surface area contributed by atoms with Gasteiger partial charge >= 0.3 is 5.97 Å². The summed E-state index contributed by atoms with van der Waals surface area (Å²) in [7, 11) is 0. The largest absolute Gasteiger partial charge is 0.465 e. The van der Waals surface area contributed by atoms with E-state index in [1.807, 2.05) is 42.5 Å². The van der Waals surface area contributed by atoms with Gasteiger partial charge in [0.15, 0.2) is 0 Å². The fourth-order valence-electron chi connectivity index (χ4n) is 2.20. The van der Waals surface area contributed by atoms with E-state index in [9.17, 15) is 4.79 Å². The van der Waals surface area contributed by atoms with Crippen molar-refractivity contribution in [1.82, 2.24) is 0 Å². The number of halogens is 2. The van der Waals surface area contributed by atoms with Gasteiger partial charge < -0.3 is 10.5 Å². The monoisotopic (exact) mass is 363 g/mol. The van der Waals surface area contributed by atoms with E-state index in [1.54, 1.807) is 19.1 Å². The molecule has 1 unspecified atom stereocenters. The summed E-state index contributed by atoms with van der Waals surface area (Å²) < 4.78 is 4.91. The molecule has 0 aromatic heterocycles. The molecule has 0 saturated heterocycles. The van der Waals surface area contributed by atoms with Crippen molar-refractivity contribution >= 4 is 41.3 Å². The molecule has 0 amide bonds. The van der Waals surface area contributed by atoms with E-state index in [-0.39, 0.29) is 5.97 Å². The topological polar surface area (TPSA) is 52.3 Å². The summed E-state index contributed by atoms with van der Waals surface area (Å²) in [6.45, 7) is 2.10. The van der Waals surface area contributed by atoms with Gasteiger partial charge in [-0.25, -0.2) is 0 Å². The van der Waals surface area contributed by atoms with Crippen molar-refractivity contribution in [3.05, 3.63) is 69.2 Å². The van der Waals surface area contributed by atoms with Crippen molar-refractivity contribution in [3.63, 3.8) is 0 Å². The van der Waals surface area contributed by atoms with E-state index < -0.39 is 6.04 Å². The van der Waals surface area contributed by atoms with Gasteiger partial charge in [-0.2, -0.15) is 0 Å². The molecule has 0 fully saturated rings. The van der Waals surface area contributed by atoms with Crippen LogP contribution in [0.15, 0.2) is 42.5 Å². The van der Waals surface area contributed by atoms with E-state index in [0.29, 0.717) is 23.1 Å². The molecule has 0 bridgehead atoms. The Bertz CT molecular complexity index is 706. The van der Waals surface area contributed by atoms with Gasteiger partial charge in [0.25, 0.3) is 0 Å². The fourth-order valence-corrected chi connectivity index (χ4v) is 2.72. The highest BCUT2D eigenvalue weighted by molar-refractivity contribution is 6.37. The predicted octanol–water partition coefficient (Wildman–Crippen LogP) is 4.60. The van der Waals surface area contributed by atoms with Crippen LogP contribution < -0.4 is 5.73 Å². The van der Waals surface area contributed by atoms with Crippen LogP contribution in [0.3, 0.4) is 0 Å². The number of hydrogen-bond acceptors (Lipinski definition) is 3. The van der Waals surface area contributed by atoms with Crippen LogP contribution in [-0.4, -0.2) is 18.6 Å². The zero-order chi connectivity index (χ0) is 17.5. The average molecular weight is 364 g/mol. The van der Waals surface area contributed by atoms with E-state index in [1.165, 1.54) is 0 Å². The summed E-state index contributed by atoms with van der Waals surface area (Å²) in [5.41, 5.74) is 8.58. The van der Waals surface area contributed by atoms with Crippen LogP contribution in [0.1, 0.15) is 23.6 Å². The summed E-state index contributed by atoms with van der Waals surface area (Å²) in [6, 6.07) is 12.5. The first-order valence-corrected chi connectivity index (χ1v) is 8.40. The van der Waals surface area contributed by atoms with Crippen LogP contribution in [0.4, 0.5) is 0 Å². The molecule has 2 aromatic carbocycles. The highest BCUT2D eigenvalue weighted by atomic mass is 35.5. The van der Waals surface area contributed by atoms with Crippen molar-refractivity contribution in [2.24, 2.45) is 5.73 Å². The fraction of sp³-hybridized carbons (Fsp3) is 0.211. The number of carbonyl (C=O) groups is 1. The predicted molar refractivity (Wildman–Crippen MR) is 100 cm³/mol. The standard InChI is InChI=1S/C19H19Cl2NO2/c1-2-24-19(23)18(22)12-14-8-6-13(7-9-14)10-11-15-16(20)4-3-5-17(15)21/h3-11,18H,2,12,22H2,1H3/b11-10+. The smallest absolute Gasteiger partial charge is 0.323 e. The van der Waals surface area contributed by atoms with Crippen LogP contribution in [-0.2, 0) is 16.0 Å². The summed E-state index contributed by atoms with van der Waals surface area (Å²) in [5, 5.41) is 1.21. The van der Waals surface area contributed by atoms with Crippen molar-refractivity contribution < 1.29 is 9.53 Å². The maximum Gasteiger partial charge on any atom is 0.323 e. The highest BCUT2D eigenvalue weighted by Gasteiger charge is 2.14. The summed E-state index contributed by atoms with van der Waals surface area (Å²) in [5.74, 6) is -0.380. The second-order valence-corrected chi connectivity index (χ2v) is 6.09. The first kappa shape index (κ1) is 18.5. The maximum absolute atomic E-state index is 11.6. The van der Waals surface area contributed by atoms with Crippen LogP contribution >= 0.6 is 23.2 Å². The number of rotatable bonds is 6. The van der Waals surface area contributed by atoms with Gasteiger partial charge in [-0.15, -0.1) is 0 Å². The number of ether oxygens (including phenoxy) is 1. The molecule has 0 heterocycles. The first-order valence-electron chi connectivity index (χ1n) is 7.64. The lowest BCUT2D eigenvalue weighted by Crippen LogP contribution is -2.34. The third kappa shape index (κ3) is 5.10. The molecule has 0 saturated carbocycles. The van der Waals surface area contributed by atoms with E-state index in [0.717, 1.165) is 16.7 Å². The molecular weight excluding hydrogens is 345 g/mol. The number of benzene rings is 2. The lowest BCUT2D eigenvalue weighted by Gasteiger charge is -2.10. The van der Waals surface area contributed by atoms with Crippen molar-refractivity contribution in [2.45, 2.75) is 19.4 Å². The Kier molecular flexibility index (Phi) is 6.85. The van der Waals surface area contributed by atoms with Gasteiger partial charge in [0, 0.05) is 15.6 Å². The zero-order valence-electron chi connectivity index (χ0n) is 13.3. The molecule has 0 aliphatic heterocycles. The minimum Gasteiger partial charge on any atom is -0.465 e. The number of esters is 1. The van der Waals surface area contributed by atoms with Crippen LogP contribution in [0.2, 0.25) is 10.0 Å². The minimum atomic E-state index is -0.645. The SMILES string of the molecule is CCOC(=O)C(N)Cc1ccc(/C=C/c2c(Cl)cccc2Cl)cc1. The number of nitrogens with two attached hydrogens (primary N) is 1. The van der Waals surface area contributed by atoms with E-state index in [2.05, 4.69) is 0 Å². The van der Waals surface area contributed by atoms with Crippen molar-refractivity contribution in [2.75, 3.05) is 6.61 Å². The molecule has 2 N–H and O–H groups in total. The van der Waals surface area contributed by atoms with Gasteiger partial charge in [-0.1, -0.05) is 65.7 Å². The second kappa shape index (κ2) is 8.88. The normalized spacial score (nSPS) is 12.3. The molecule has 0 aliphatic rings. The highest BCUT2D eigenvalue weighted by Crippen LogP contribution is 2.26. The molecule has 1 atom stereocenters. The van der Waals surface area contributed by atoms with Crippen molar-refractivity contribution in [3.8, 4) is 0 Å². The Morgan fingerprint density at radius 1 is 1.12 bits per heavy atom. The molecule has 2 rings (SSSR count). The Labute approximate surface area is 152 Å². The average Bonchev–Trinajstić information content (AvgIpc) is 2.56. The number of hydrogen-bond donors (Lipinski definition) is 1. The number of carbonyl (C=O) groups excluding carboxylic acids is 1. The lowest BCUT2D eigenvalue weighted by molar-refractivity contribution is -0.144. The molecule has 0 spiro atoms. The quantitative estimate of drug-likeness (QED) is 0.602. The van der Waals surface area contributed by atoms with E-state index in [4.69, 9.17) is 33.7 Å². The maximum atomic E-state index is 11.6. The Balaban J connectivity index is 2.04. The Morgan fingerprint density at radius 2 is 1.75 bits per heavy atom. The first-order chi connectivity index (χ1) is 11.5. The van der Waals surface area contributed by atoms with Gasteiger partial charge in [0.2, 0.25) is 0 Å².